The molecule has 2 aliphatic rings. The van der Waals surface area contributed by atoms with Crippen molar-refractivity contribution in [2.75, 3.05) is 7.11 Å². The second kappa shape index (κ2) is 12.7. The number of allylic oxidation sites excluding steroid dienone is 2. The molecule has 1 saturated heterocycles. The third-order valence-corrected chi connectivity index (χ3v) is 6.41. The molecule has 1 aliphatic carbocycles. The second-order valence-electron chi connectivity index (χ2n) is 9.48. The maximum absolute atomic E-state index is 13.7. The summed E-state index contributed by atoms with van der Waals surface area (Å²) in [7, 11) is 1.13. The SMILES string of the molecule is C=C1C(=O)OC2C=C(C)CCC=C(C(=O)OC)C(OC(C)=O)C(OC(=O)C(C)(OC(C)=O)C(C)OC(C)=O)C12. The Hall–Kier alpha value is -3.96. The molecule has 0 amide bonds. The van der Waals surface area contributed by atoms with Crippen LogP contribution < -0.4 is 0 Å². The van der Waals surface area contributed by atoms with Crippen LogP contribution in [0.1, 0.15) is 54.4 Å². The minimum atomic E-state index is -2.17. The Morgan fingerprint density at radius 2 is 1.72 bits per heavy atom. The van der Waals surface area contributed by atoms with Gasteiger partial charge in [0.2, 0.25) is 5.60 Å². The van der Waals surface area contributed by atoms with Crippen LogP contribution >= 0.6 is 0 Å². The normalized spacial score (nSPS) is 25.3. The van der Waals surface area contributed by atoms with E-state index in [2.05, 4.69) is 6.58 Å². The highest BCUT2D eigenvalue weighted by molar-refractivity contribution is 5.93. The van der Waals surface area contributed by atoms with Gasteiger partial charge in [-0.25, -0.2) is 14.4 Å². The van der Waals surface area contributed by atoms with E-state index in [1.807, 2.05) is 0 Å². The standard InChI is InChI=1S/C27H34O12/c1-13-10-9-11-19(25(32)34-8)22(36-17(5)29)23(21-14(2)24(31)37-20(21)12-13)38-26(33)27(7,39-18(6)30)15(3)35-16(4)28/h11-12,15,20-23H,2,9-10H2,1,3-8H3. The molecule has 0 aromatic rings. The average molecular weight is 551 g/mol. The van der Waals surface area contributed by atoms with Crippen molar-refractivity contribution in [2.45, 2.75) is 84.4 Å². The largest absolute Gasteiger partial charge is 0.466 e. The maximum Gasteiger partial charge on any atom is 0.354 e. The summed E-state index contributed by atoms with van der Waals surface area (Å²) >= 11 is 0. The first kappa shape index (κ1) is 31.3. The van der Waals surface area contributed by atoms with E-state index in [0.717, 1.165) is 33.5 Å². The highest BCUT2D eigenvalue weighted by Crippen LogP contribution is 2.39. The van der Waals surface area contributed by atoms with Gasteiger partial charge in [0.25, 0.3) is 0 Å². The van der Waals surface area contributed by atoms with Crippen LogP contribution in [0.2, 0.25) is 0 Å². The molecule has 1 aliphatic heterocycles. The van der Waals surface area contributed by atoms with Crippen molar-refractivity contribution >= 4 is 35.8 Å². The van der Waals surface area contributed by atoms with Crippen molar-refractivity contribution in [3.8, 4) is 0 Å². The van der Waals surface area contributed by atoms with E-state index < -0.39 is 71.8 Å². The molecule has 0 spiro atoms. The molecule has 0 radical (unpaired) electrons. The molecule has 2 rings (SSSR count). The molecule has 0 aromatic heterocycles. The van der Waals surface area contributed by atoms with E-state index in [4.69, 9.17) is 28.4 Å². The summed E-state index contributed by atoms with van der Waals surface area (Å²) in [6.45, 7) is 11.3. The molecule has 6 atom stereocenters. The third kappa shape index (κ3) is 7.33. The van der Waals surface area contributed by atoms with Crippen LogP contribution in [-0.4, -0.2) is 72.9 Å². The average Bonchev–Trinajstić information content (AvgIpc) is 3.09. The minimum absolute atomic E-state index is 0.106. The van der Waals surface area contributed by atoms with Crippen LogP contribution in [-0.2, 0) is 57.2 Å². The molecular weight excluding hydrogens is 516 g/mol. The van der Waals surface area contributed by atoms with Gasteiger partial charge in [-0.15, -0.1) is 0 Å². The van der Waals surface area contributed by atoms with Crippen LogP contribution in [0.5, 0.6) is 0 Å². The second-order valence-corrected chi connectivity index (χ2v) is 9.48. The number of ether oxygens (including phenoxy) is 6. The Labute approximate surface area is 226 Å². The smallest absolute Gasteiger partial charge is 0.354 e. The number of hydrogen-bond acceptors (Lipinski definition) is 12. The van der Waals surface area contributed by atoms with Gasteiger partial charge in [0, 0.05) is 26.3 Å². The molecule has 39 heavy (non-hydrogen) atoms. The van der Waals surface area contributed by atoms with Gasteiger partial charge in [0.15, 0.2) is 12.2 Å². The molecule has 214 valence electrons. The number of rotatable bonds is 7. The van der Waals surface area contributed by atoms with Gasteiger partial charge < -0.3 is 28.4 Å². The first-order chi connectivity index (χ1) is 18.1. The zero-order valence-corrected chi connectivity index (χ0v) is 23.1. The minimum Gasteiger partial charge on any atom is -0.466 e. The predicted octanol–water partition coefficient (Wildman–Crippen LogP) is 2.04. The molecule has 0 saturated carbocycles. The van der Waals surface area contributed by atoms with Crippen LogP contribution in [0.15, 0.2) is 35.5 Å². The Morgan fingerprint density at radius 3 is 2.26 bits per heavy atom. The molecule has 12 nitrogen and oxygen atoms in total. The van der Waals surface area contributed by atoms with Gasteiger partial charge in [-0.3, -0.25) is 14.4 Å². The van der Waals surface area contributed by atoms with E-state index in [1.54, 1.807) is 13.0 Å². The van der Waals surface area contributed by atoms with E-state index in [-0.39, 0.29) is 11.1 Å². The van der Waals surface area contributed by atoms with Crippen molar-refractivity contribution in [1.29, 1.82) is 0 Å². The predicted molar refractivity (Wildman–Crippen MR) is 132 cm³/mol. The zero-order chi connectivity index (χ0) is 29.7. The van der Waals surface area contributed by atoms with E-state index in [1.165, 1.54) is 19.9 Å². The first-order valence-corrected chi connectivity index (χ1v) is 12.2. The number of carbonyl (C=O) groups is 6. The molecule has 1 heterocycles. The number of esters is 6. The van der Waals surface area contributed by atoms with Crippen molar-refractivity contribution in [3.05, 3.63) is 35.5 Å². The highest BCUT2D eigenvalue weighted by atomic mass is 16.6. The van der Waals surface area contributed by atoms with Crippen molar-refractivity contribution in [3.63, 3.8) is 0 Å². The van der Waals surface area contributed by atoms with E-state index in [9.17, 15) is 28.8 Å². The van der Waals surface area contributed by atoms with Gasteiger partial charge in [0.1, 0.15) is 12.2 Å². The molecule has 1 fully saturated rings. The number of hydrogen-bond donors (Lipinski definition) is 0. The van der Waals surface area contributed by atoms with Crippen LogP contribution in [0, 0.1) is 5.92 Å². The molecule has 6 unspecified atom stereocenters. The topological polar surface area (TPSA) is 158 Å². The summed E-state index contributed by atoms with van der Waals surface area (Å²) in [4.78, 5) is 75.0. The van der Waals surface area contributed by atoms with Crippen LogP contribution in [0.3, 0.4) is 0 Å². The van der Waals surface area contributed by atoms with Gasteiger partial charge in [-0.2, -0.15) is 0 Å². The molecule has 0 N–H and O–H groups in total. The van der Waals surface area contributed by atoms with Crippen LogP contribution in [0.25, 0.3) is 0 Å². The van der Waals surface area contributed by atoms with Crippen molar-refractivity contribution in [1.82, 2.24) is 0 Å². The highest BCUT2D eigenvalue weighted by Gasteiger charge is 2.54. The summed E-state index contributed by atoms with van der Waals surface area (Å²) in [5.41, 5.74) is -1.62. The summed E-state index contributed by atoms with van der Waals surface area (Å²) in [5.74, 6) is -6.46. The van der Waals surface area contributed by atoms with Crippen molar-refractivity contribution in [2.24, 2.45) is 5.92 Å². The monoisotopic (exact) mass is 550 g/mol. The fourth-order valence-electron chi connectivity index (χ4n) is 4.38. The Bertz CT molecular complexity index is 1120. The molecule has 12 heteroatoms. The molecule has 0 bridgehead atoms. The summed E-state index contributed by atoms with van der Waals surface area (Å²) in [6, 6.07) is 0. The Kier molecular flexibility index (Phi) is 10.2. The Balaban J connectivity index is 2.76. The number of methoxy groups -OCH3 is 1. The summed E-state index contributed by atoms with van der Waals surface area (Å²) in [5, 5.41) is 0. The fourth-order valence-corrected chi connectivity index (χ4v) is 4.38. The van der Waals surface area contributed by atoms with Gasteiger partial charge >= 0.3 is 35.8 Å². The van der Waals surface area contributed by atoms with Gasteiger partial charge in [-0.05, 0) is 39.7 Å². The Morgan fingerprint density at radius 1 is 1.08 bits per heavy atom. The lowest BCUT2D eigenvalue weighted by Gasteiger charge is -2.37. The maximum atomic E-state index is 13.7. The van der Waals surface area contributed by atoms with Crippen molar-refractivity contribution < 1.29 is 57.2 Å². The molecular formula is C27H34O12. The number of carbonyl (C=O) groups excluding carboxylic acids is 6. The summed E-state index contributed by atoms with van der Waals surface area (Å²) in [6.07, 6.45) is -1.55. The molecule has 0 aromatic carbocycles. The van der Waals surface area contributed by atoms with E-state index >= 15 is 0 Å². The zero-order valence-electron chi connectivity index (χ0n) is 23.1. The lowest BCUT2D eigenvalue weighted by molar-refractivity contribution is -0.206. The first-order valence-electron chi connectivity index (χ1n) is 12.2. The van der Waals surface area contributed by atoms with Gasteiger partial charge in [0.05, 0.1) is 18.6 Å². The third-order valence-electron chi connectivity index (χ3n) is 6.41. The quantitative estimate of drug-likeness (QED) is 0.197. The van der Waals surface area contributed by atoms with Gasteiger partial charge in [-0.1, -0.05) is 18.2 Å². The van der Waals surface area contributed by atoms with E-state index in [0.29, 0.717) is 12.8 Å². The summed E-state index contributed by atoms with van der Waals surface area (Å²) < 4.78 is 32.1. The van der Waals surface area contributed by atoms with Crippen LogP contribution in [0.4, 0.5) is 0 Å². The fraction of sp³-hybridized carbons (Fsp3) is 0.556. The lowest BCUT2D eigenvalue weighted by Crippen LogP contribution is -2.55. The number of fused-ring (bicyclic) bond motifs is 1. The lowest BCUT2D eigenvalue weighted by atomic mass is 9.83.